The van der Waals surface area contributed by atoms with Gasteiger partial charge in [-0.1, -0.05) is 24.3 Å². The zero-order valence-corrected chi connectivity index (χ0v) is 10.6. The molecule has 0 unspecified atom stereocenters. The second kappa shape index (κ2) is 6.67. The van der Waals surface area contributed by atoms with Crippen LogP contribution < -0.4 is 0 Å². The van der Waals surface area contributed by atoms with E-state index < -0.39 is 0 Å². The molecule has 0 nitrogen and oxygen atoms in total. The Bertz CT molecular complexity index is 373. The minimum absolute atomic E-state index is 0.165. The maximum Gasteiger partial charge on any atom is 0.123 e. The quantitative estimate of drug-likeness (QED) is 0.658. The smallest absolute Gasteiger partial charge is 0.123 e. The van der Waals surface area contributed by atoms with Crippen molar-refractivity contribution in [3.05, 3.63) is 47.8 Å². The number of benzene rings is 1. The summed E-state index contributed by atoms with van der Waals surface area (Å²) in [6.07, 6.45) is 9.28. The molecule has 1 fully saturated rings. The Hall–Kier alpha value is -1.18. The number of hydrogen-bond donors (Lipinski definition) is 0. The van der Waals surface area contributed by atoms with Gasteiger partial charge in [-0.2, -0.15) is 0 Å². The minimum atomic E-state index is -0.262. The first kappa shape index (κ1) is 13.3. The first-order valence-electron chi connectivity index (χ1n) is 6.77. The predicted octanol–water partition coefficient (Wildman–Crippen LogP) is 5.02. The van der Waals surface area contributed by atoms with Gasteiger partial charge in [0.05, 0.1) is 6.67 Å². The van der Waals surface area contributed by atoms with E-state index in [0.29, 0.717) is 18.3 Å². The van der Waals surface area contributed by atoms with E-state index in [4.69, 9.17) is 0 Å². The van der Waals surface area contributed by atoms with Crippen LogP contribution in [0.25, 0.3) is 0 Å². The van der Waals surface area contributed by atoms with Crippen LogP contribution in [-0.4, -0.2) is 6.67 Å². The van der Waals surface area contributed by atoms with Gasteiger partial charge >= 0.3 is 0 Å². The monoisotopic (exact) mass is 250 g/mol. The highest BCUT2D eigenvalue weighted by Crippen LogP contribution is 2.36. The van der Waals surface area contributed by atoms with Crippen LogP contribution in [0.1, 0.15) is 43.6 Å². The highest BCUT2D eigenvalue weighted by molar-refractivity contribution is 5.21. The summed E-state index contributed by atoms with van der Waals surface area (Å²) in [5.74, 6) is 1.01. The third-order valence-corrected chi connectivity index (χ3v) is 3.80. The van der Waals surface area contributed by atoms with Gasteiger partial charge in [-0.05, 0) is 61.6 Å². The van der Waals surface area contributed by atoms with Gasteiger partial charge in [0, 0.05) is 0 Å². The predicted molar refractivity (Wildman–Crippen MR) is 70.8 cm³/mol. The van der Waals surface area contributed by atoms with Gasteiger partial charge in [0.1, 0.15) is 5.82 Å². The van der Waals surface area contributed by atoms with Gasteiger partial charge in [0.25, 0.3) is 0 Å². The molecule has 98 valence electrons. The summed E-state index contributed by atoms with van der Waals surface area (Å²) in [7, 11) is 0. The lowest BCUT2D eigenvalue weighted by Crippen LogP contribution is -2.11. The van der Waals surface area contributed by atoms with E-state index in [1.807, 2.05) is 18.2 Å². The molecular formula is C16H20F2. The van der Waals surface area contributed by atoms with E-state index >= 15 is 0 Å². The van der Waals surface area contributed by atoms with Crippen LogP contribution in [0.5, 0.6) is 0 Å². The maximum absolute atomic E-state index is 12.8. The minimum Gasteiger partial charge on any atom is -0.251 e. The van der Waals surface area contributed by atoms with Crippen LogP contribution in [0, 0.1) is 11.7 Å². The molecule has 1 aliphatic rings. The Morgan fingerprint density at radius 1 is 1.06 bits per heavy atom. The van der Waals surface area contributed by atoms with Crippen molar-refractivity contribution >= 4 is 0 Å². The molecule has 0 saturated heterocycles. The number of hydrogen-bond acceptors (Lipinski definition) is 0. The van der Waals surface area contributed by atoms with Crippen molar-refractivity contribution < 1.29 is 8.78 Å². The van der Waals surface area contributed by atoms with Crippen molar-refractivity contribution in [3.8, 4) is 0 Å². The molecule has 0 spiro atoms. The van der Waals surface area contributed by atoms with Crippen molar-refractivity contribution in [1.29, 1.82) is 0 Å². The van der Waals surface area contributed by atoms with Gasteiger partial charge in [-0.15, -0.1) is 0 Å². The van der Waals surface area contributed by atoms with Crippen molar-refractivity contribution in [2.45, 2.75) is 38.0 Å². The molecule has 1 aliphatic carbocycles. The topological polar surface area (TPSA) is 0 Å². The molecule has 0 aromatic heterocycles. The van der Waals surface area contributed by atoms with E-state index in [1.54, 1.807) is 12.1 Å². The molecule has 1 aromatic carbocycles. The Balaban J connectivity index is 1.84. The molecule has 0 aliphatic heterocycles. The summed E-state index contributed by atoms with van der Waals surface area (Å²) in [6.45, 7) is -0.262. The first-order valence-corrected chi connectivity index (χ1v) is 6.77. The van der Waals surface area contributed by atoms with Gasteiger partial charge < -0.3 is 0 Å². The third kappa shape index (κ3) is 3.66. The van der Waals surface area contributed by atoms with E-state index in [0.717, 1.165) is 25.7 Å². The molecule has 0 atom stereocenters. The van der Waals surface area contributed by atoms with Gasteiger partial charge in [0.15, 0.2) is 0 Å². The summed E-state index contributed by atoms with van der Waals surface area (Å²) >= 11 is 0. The fraction of sp³-hybridized carbons (Fsp3) is 0.500. The highest BCUT2D eigenvalue weighted by atomic mass is 19.1. The zero-order valence-electron chi connectivity index (χ0n) is 10.6. The summed E-state index contributed by atoms with van der Waals surface area (Å²) in [5.41, 5.74) is 1.25. The van der Waals surface area contributed by atoms with Crippen LogP contribution >= 0.6 is 0 Å². The molecule has 0 radical (unpaired) electrons. The van der Waals surface area contributed by atoms with Gasteiger partial charge in [-0.25, -0.2) is 4.39 Å². The number of alkyl halides is 1. The third-order valence-electron chi connectivity index (χ3n) is 3.80. The Morgan fingerprint density at radius 3 is 2.33 bits per heavy atom. The van der Waals surface area contributed by atoms with Crippen molar-refractivity contribution in [3.63, 3.8) is 0 Å². The van der Waals surface area contributed by atoms with Crippen LogP contribution in [-0.2, 0) is 0 Å². The highest BCUT2D eigenvalue weighted by Gasteiger charge is 2.20. The number of allylic oxidation sites excluding steroid dienone is 2. The lowest BCUT2D eigenvalue weighted by atomic mass is 9.78. The van der Waals surface area contributed by atoms with Gasteiger partial charge in [-0.3, -0.25) is 4.39 Å². The maximum atomic E-state index is 12.8. The second-order valence-corrected chi connectivity index (χ2v) is 5.07. The standard InChI is InChI=1S/C16H20F2/c17-12-2-1-3-13-4-6-14(7-5-13)15-8-10-16(18)11-9-15/h1,3,8-11,13-14H,2,4-7,12H2/b3-1+. The molecule has 0 bridgehead atoms. The van der Waals surface area contributed by atoms with Gasteiger partial charge in [0.2, 0.25) is 0 Å². The molecule has 1 saturated carbocycles. The molecule has 0 heterocycles. The summed E-state index contributed by atoms with van der Waals surface area (Å²) in [6, 6.07) is 6.89. The van der Waals surface area contributed by atoms with Crippen molar-refractivity contribution in [2.24, 2.45) is 5.92 Å². The normalized spacial score (nSPS) is 24.6. The largest absolute Gasteiger partial charge is 0.251 e. The van der Waals surface area contributed by atoms with Crippen molar-refractivity contribution in [2.75, 3.05) is 6.67 Å². The van der Waals surface area contributed by atoms with E-state index in [1.165, 1.54) is 5.56 Å². The Labute approximate surface area is 108 Å². The Kier molecular flexibility index (Phi) is 4.91. The SMILES string of the molecule is FCC/C=C/C1CCC(c2ccc(F)cc2)CC1. The van der Waals surface area contributed by atoms with Crippen LogP contribution in [0.4, 0.5) is 8.78 Å². The van der Waals surface area contributed by atoms with Crippen LogP contribution in [0.2, 0.25) is 0 Å². The fourth-order valence-electron chi connectivity index (χ4n) is 2.73. The molecule has 2 rings (SSSR count). The molecule has 2 heteroatoms. The van der Waals surface area contributed by atoms with E-state index in [-0.39, 0.29) is 12.5 Å². The first-order chi connectivity index (χ1) is 8.79. The molecule has 1 aromatic rings. The van der Waals surface area contributed by atoms with Crippen LogP contribution in [0.15, 0.2) is 36.4 Å². The van der Waals surface area contributed by atoms with E-state index in [2.05, 4.69) is 6.08 Å². The van der Waals surface area contributed by atoms with E-state index in [9.17, 15) is 8.78 Å². The van der Waals surface area contributed by atoms with Crippen molar-refractivity contribution in [1.82, 2.24) is 0 Å². The number of halogens is 2. The Morgan fingerprint density at radius 2 is 1.72 bits per heavy atom. The molecule has 0 N–H and O–H groups in total. The summed E-state index contributed by atoms with van der Waals surface area (Å²) in [5, 5.41) is 0. The zero-order chi connectivity index (χ0) is 12.8. The average molecular weight is 250 g/mol. The summed E-state index contributed by atoms with van der Waals surface area (Å²) in [4.78, 5) is 0. The summed E-state index contributed by atoms with van der Waals surface area (Å²) < 4.78 is 24.8. The number of rotatable bonds is 4. The molecular weight excluding hydrogens is 230 g/mol. The fourth-order valence-corrected chi connectivity index (χ4v) is 2.73. The molecule has 18 heavy (non-hydrogen) atoms. The second-order valence-electron chi connectivity index (χ2n) is 5.07. The average Bonchev–Trinajstić information content (AvgIpc) is 2.41. The molecule has 0 amide bonds. The lowest BCUT2D eigenvalue weighted by molar-refractivity contribution is 0.374. The lowest BCUT2D eigenvalue weighted by Gasteiger charge is -2.27. The van der Waals surface area contributed by atoms with Crippen LogP contribution in [0.3, 0.4) is 0 Å².